The van der Waals surface area contributed by atoms with Crippen molar-refractivity contribution in [2.75, 3.05) is 0 Å². The molecule has 0 radical (unpaired) electrons. The van der Waals surface area contributed by atoms with E-state index in [1.807, 2.05) is 18.2 Å². The van der Waals surface area contributed by atoms with Crippen LogP contribution in [0.25, 0.3) is 0 Å². The van der Waals surface area contributed by atoms with Gasteiger partial charge in [-0.25, -0.2) is 0 Å². The van der Waals surface area contributed by atoms with E-state index in [1.165, 1.54) is 5.56 Å². The largest absolute Gasteiger partial charge is 0.388 e. The van der Waals surface area contributed by atoms with Crippen LogP contribution >= 0.6 is 0 Å². The highest BCUT2D eigenvalue weighted by atomic mass is 16.3. The van der Waals surface area contributed by atoms with Crippen molar-refractivity contribution >= 4 is 6.29 Å². The molecule has 0 amide bonds. The molecule has 0 saturated carbocycles. The SMILES string of the molecule is CC(O)(CC=O)C1(C#N)CCc2ccccc2C1. The minimum absolute atomic E-state index is 0.00271. The van der Waals surface area contributed by atoms with E-state index >= 15 is 0 Å². The van der Waals surface area contributed by atoms with Gasteiger partial charge in [0.1, 0.15) is 6.29 Å². The number of hydrogen-bond acceptors (Lipinski definition) is 3. The predicted octanol–water partition coefficient (Wildman–Crippen LogP) is 2.03. The van der Waals surface area contributed by atoms with Gasteiger partial charge in [-0.15, -0.1) is 0 Å². The Balaban J connectivity index is 2.39. The number of rotatable bonds is 3. The molecule has 1 aromatic rings. The minimum Gasteiger partial charge on any atom is -0.388 e. The van der Waals surface area contributed by atoms with E-state index in [4.69, 9.17) is 0 Å². The van der Waals surface area contributed by atoms with Crippen molar-refractivity contribution in [3.8, 4) is 6.07 Å². The zero-order valence-electron chi connectivity index (χ0n) is 10.5. The van der Waals surface area contributed by atoms with E-state index in [9.17, 15) is 15.2 Å². The summed E-state index contributed by atoms with van der Waals surface area (Å²) in [5.41, 5.74) is 0.223. The lowest BCUT2D eigenvalue weighted by Gasteiger charge is -2.42. The molecule has 0 aliphatic heterocycles. The number of hydrogen-bond donors (Lipinski definition) is 1. The molecule has 1 aliphatic rings. The maximum Gasteiger partial charge on any atom is 0.122 e. The Morgan fingerprint density at radius 3 is 2.78 bits per heavy atom. The van der Waals surface area contributed by atoms with Crippen molar-refractivity contribution in [2.24, 2.45) is 5.41 Å². The average molecular weight is 243 g/mol. The van der Waals surface area contributed by atoms with Gasteiger partial charge in [0, 0.05) is 6.42 Å². The van der Waals surface area contributed by atoms with Crippen LogP contribution in [0, 0.1) is 16.7 Å². The fraction of sp³-hybridized carbons (Fsp3) is 0.467. The van der Waals surface area contributed by atoms with Gasteiger partial charge in [0.05, 0.1) is 17.1 Å². The molecule has 0 heterocycles. The zero-order chi connectivity index (χ0) is 13.2. The topological polar surface area (TPSA) is 61.1 Å². The van der Waals surface area contributed by atoms with Gasteiger partial charge in [-0.2, -0.15) is 5.26 Å². The van der Waals surface area contributed by atoms with Crippen molar-refractivity contribution in [2.45, 2.75) is 38.2 Å². The number of aliphatic hydroxyl groups is 1. The summed E-state index contributed by atoms with van der Waals surface area (Å²) in [6.45, 7) is 1.60. The molecule has 2 rings (SSSR count). The maximum absolute atomic E-state index is 10.7. The fourth-order valence-corrected chi connectivity index (χ4v) is 2.77. The van der Waals surface area contributed by atoms with Crippen LogP contribution in [0.4, 0.5) is 0 Å². The first kappa shape index (κ1) is 12.8. The third kappa shape index (κ3) is 1.93. The molecule has 1 aromatic carbocycles. The number of nitriles is 1. The number of aryl methyl sites for hydroxylation is 1. The van der Waals surface area contributed by atoms with Crippen LogP contribution < -0.4 is 0 Å². The van der Waals surface area contributed by atoms with Gasteiger partial charge in [-0.3, -0.25) is 0 Å². The lowest BCUT2D eigenvalue weighted by atomic mass is 9.62. The number of benzene rings is 1. The van der Waals surface area contributed by atoms with Crippen molar-refractivity contribution in [3.63, 3.8) is 0 Å². The lowest BCUT2D eigenvalue weighted by Crippen LogP contribution is -2.48. The normalized spacial score (nSPS) is 25.6. The molecule has 0 saturated heterocycles. The van der Waals surface area contributed by atoms with Crippen molar-refractivity contribution in [3.05, 3.63) is 35.4 Å². The summed E-state index contributed by atoms with van der Waals surface area (Å²) in [6, 6.07) is 10.3. The van der Waals surface area contributed by atoms with Crippen LogP contribution in [0.1, 0.15) is 30.9 Å². The zero-order valence-corrected chi connectivity index (χ0v) is 10.5. The van der Waals surface area contributed by atoms with Crippen LogP contribution in [-0.2, 0) is 17.6 Å². The predicted molar refractivity (Wildman–Crippen MR) is 67.8 cm³/mol. The van der Waals surface area contributed by atoms with Gasteiger partial charge in [-0.1, -0.05) is 24.3 Å². The van der Waals surface area contributed by atoms with Crippen molar-refractivity contribution in [1.82, 2.24) is 0 Å². The molecule has 94 valence electrons. The summed E-state index contributed by atoms with van der Waals surface area (Å²) >= 11 is 0. The van der Waals surface area contributed by atoms with Crippen molar-refractivity contribution in [1.29, 1.82) is 5.26 Å². The quantitative estimate of drug-likeness (QED) is 0.826. The lowest BCUT2D eigenvalue weighted by molar-refractivity contribution is -0.117. The van der Waals surface area contributed by atoms with Crippen LogP contribution in [0.3, 0.4) is 0 Å². The van der Waals surface area contributed by atoms with Gasteiger partial charge >= 0.3 is 0 Å². The van der Waals surface area contributed by atoms with Gasteiger partial charge < -0.3 is 9.90 Å². The second-order valence-corrected chi connectivity index (χ2v) is 5.28. The number of carbonyl (C=O) groups is 1. The van der Waals surface area contributed by atoms with Crippen LogP contribution in [0.2, 0.25) is 0 Å². The van der Waals surface area contributed by atoms with Gasteiger partial charge in [0.2, 0.25) is 0 Å². The summed E-state index contributed by atoms with van der Waals surface area (Å²) in [5, 5.41) is 20.0. The highest BCUT2D eigenvalue weighted by Crippen LogP contribution is 2.44. The smallest absolute Gasteiger partial charge is 0.122 e. The first-order chi connectivity index (χ1) is 8.54. The Kier molecular flexibility index (Phi) is 3.23. The summed E-state index contributed by atoms with van der Waals surface area (Å²) in [4.78, 5) is 10.7. The van der Waals surface area contributed by atoms with E-state index < -0.39 is 11.0 Å². The maximum atomic E-state index is 10.7. The van der Waals surface area contributed by atoms with Gasteiger partial charge in [0.15, 0.2) is 0 Å². The molecule has 2 unspecified atom stereocenters. The highest BCUT2D eigenvalue weighted by Gasteiger charge is 2.48. The Labute approximate surface area is 107 Å². The molecule has 0 spiro atoms. The summed E-state index contributed by atoms with van der Waals surface area (Å²) in [5.74, 6) is 0. The molecule has 18 heavy (non-hydrogen) atoms. The van der Waals surface area contributed by atoms with Crippen LogP contribution in [-0.4, -0.2) is 17.0 Å². The Morgan fingerprint density at radius 1 is 1.50 bits per heavy atom. The molecule has 0 bridgehead atoms. The molecule has 1 aliphatic carbocycles. The Hall–Kier alpha value is -1.66. The van der Waals surface area contributed by atoms with E-state index in [0.717, 1.165) is 12.0 Å². The molecule has 3 heteroatoms. The minimum atomic E-state index is -1.27. The molecule has 2 atom stereocenters. The summed E-state index contributed by atoms with van der Waals surface area (Å²) < 4.78 is 0. The van der Waals surface area contributed by atoms with Crippen molar-refractivity contribution < 1.29 is 9.90 Å². The van der Waals surface area contributed by atoms with E-state index in [-0.39, 0.29) is 6.42 Å². The van der Waals surface area contributed by atoms with Gasteiger partial charge in [-0.05, 0) is 37.3 Å². The number of nitrogens with zero attached hydrogens (tertiary/aromatic N) is 1. The summed E-state index contributed by atoms with van der Waals surface area (Å²) in [7, 11) is 0. The van der Waals surface area contributed by atoms with Gasteiger partial charge in [0.25, 0.3) is 0 Å². The van der Waals surface area contributed by atoms with E-state index in [2.05, 4.69) is 12.1 Å². The molecule has 3 nitrogen and oxygen atoms in total. The number of aldehydes is 1. The number of carbonyl (C=O) groups excluding carboxylic acids is 1. The third-order valence-corrected chi connectivity index (χ3v) is 4.16. The second-order valence-electron chi connectivity index (χ2n) is 5.28. The molecule has 0 aromatic heterocycles. The van der Waals surface area contributed by atoms with Crippen LogP contribution in [0.15, 0.2) is 24.3 Å². The average Bonchev–Trinajstić information content (AvgIpc) is 2.37. The second kappa shape index (κ2) is 4.55. The monoisotopic (exact) mass is 243 g/mol. The summed E-state index contributed by atoms with van der Waals surface area (Å²) in [6.07, 6.45) is 2.59. The first-order valence-electron chi connectivity index (χ1n) is 6.19. The Bertz CT molecular complexity index is 501. The van der Waals surface area contributed by atoms with E-state index in [1.54, 1.807) is 6.92 Å². The third-order valence-electron chi connectivity index (χ3n) is 4.16. The highest BCUT2D eigenvalue weighted by molar-refractivity contribution is 5.52. The van der Waals surface area contributed by atoms with E-state index in [0.29, 0.717) is 19.1 Å². The fourth-order valence-electron chi connectivity index (χ4n) is 2.77. The molecule has 0 fully saturated rings. The number of fused-ring (bicyclic) bond motifs is 1. The molecule has 1 N–H and O–H groups in total. The molecular weight excluding hydrogens is 226 g/mol. The molecular formula is C15H17NO2. The standard InChI is InChI=1S/C15H17NO2/c1-14(18,8-9-17)15(11-16)7-6-12-4-2-3-5-13(12)10-15/h2-5,9,18H,6-8,10H2,1H3. The Morgan fingerprint density at radius 2 is 2.17 bits per heavy atom. The first-order valence-corrected chi connectivity index (χ1v) is 6.19. The van der Waals surface area contributed by atoms with Crippen LogP contribution in [0.5, 0.6) is 0 Å².